The van der Waals surface area contributed by atoms with Gasteiger partial charge in [-0.3, -0.25) is 33.6 Å². The Morgan fingerprint density at radius 1 is 0.883 bits per heavy atom. The summed E-state index contributed by atoms with van der Waals surface area (Å²) in [5, 5.41) is 17.9. The number of aryl methyl sites for hydroxylation is 2. The standard InChI is InChI=1S/C47H36BrClN4O6S/c1-23-31-20-27(49)12-18-37(31)60-42(23)35-22-38(51(3)50-35)53-44(57)34-21-32-29(40(47(34,2)46(53)59)33-19-26(48)11-17-36(33)54)15-16-30-39(32)45(58)52(43(30)56)28-13-9-25(10-14-28)41(55)24-7-5-4-6-8-24/h4-15,17-20,22,30,32,34,39-40,54H,16,21H2,1-3H3. The van der Waals surface area contributed by atoms with Crippen molar-refractivity contribution in [3.63, 3.8) is 0 Å². The number of ketones is 1. The summed E-state index contributed by atoms with van der Waals surface area (Å²) in [4.78, 5) is 75.6. The van der Waals surface area contributed by atoms with Crippen LogP contribution in [-0.2, 0) is 26.2 Å². The molecule has 2 aliphatic heterocycles. The number of allylic oxidation sites excluding steroid dienone is 2. The molecule has 300 valence electrons. The molecule has 1 saturated carbocycles. The summed E-state index contributed by atoms with van der Waals surface area (Å²) in [5.74, 6) is -5.31. The van der Waals surface area contributed by atoms with E-state index in [0.717, 1.165) is 26.1 Å². The van der Waals surface area contributed by atoms with Gasteiger partial charge in [-0.05, 0) is 104 Å². The predicted molar refractivity (Wildman–Crippen MR) is 233 cm³/mol. The molecular weight excluding hydrogens is 864 g/mol. The molecule has 60 heavy (non-hydrogen) atoms. The molecule has 4 aromatic carbocycles. The van der Waals surface area contributed by atoms with Gasteiger partial charge in [0.1, 0.15) is 17.3 Å². The summed E-state index contributed by atoms with van der Waals surface area (Å²) in [6.45, 7) is 3.78. The van der Waals surface area contributed by atoms with Crippen LogP contribution in [0.15, 0.2) is 113 Å². The minimum atomic E-state index is -1.37. The molecule has 0 spiro atoms. The summed E-state index contributed by atoms with van der Waals surface area (Å²) in [5.41, 5.74) is 2.73. The SMILES string of the molecule is Cc1c(-c2cc(N3C(=O)C4CC5C(=CCC6C(=O)N(c7ccc(C(=O)c8ccccc8)cc7)C(=O)C65)C(c5cc(Br)ccc5O)C4(C)C3=O)n(C)n2)sc2ccc(Cl)cc12. The zero-order valence-corrected chi connectivity index (χ0v) is 35.7. The second-order valence-corrected chi connectivity index (χ2v) is 18.7. The second-order valence-electron chi connectivity index (χ2n) is 16.3. The lowest BCUT2D eigenvalue weighted by molar-refractivity contribution is -0.131. The maximum atomic E-state index is 15.2. The van der Waals surface area contributed by atoms with Crippen molar-refractivity contribution in [1.29, 1.82) is 0 Å². The fourth-order valence-electron chi connectivity index (χ4n) is 10.3. The number of nitrogens with zero attached hydrogens (tertiary/aromatic N) is 4. The van der Waals surface area contributed by atoms with Crippen molar-refractivity contribution in [3.05, 3.63) is 140 Å². The van der Waals surface area contributed by atoms with Crippen LogP contribution in [0.2, 0.25) is 5.02 Å². The zero-order valence-electron chi connectivity index (χ0n) is 32.6. The monoisotopic (exact) mass is 898 g/mol. The molecule has 1 N–H and O–H groups in total. The molecule has 13 heteroatoms. The number of hydrogen-bond acceptors (Lipinski definition) is 8. The number of imide groups is 2. The number of aromatic hydroxyl groups is 1. The number of carbonyl (C=O) groups is 5. The van der Waals surface area contributed by atoms with E-state index < -0.39 is 52.7 Å². The third-order valence-electron chi connectivity index (χ3n) is 13.2. The lowest BCUT2D eigenvalue weighted by Gasteiger charge is -2.49. The number of thiophene rings is 1. The molecule has 2 aliphatic carbocycles. The first-order chi connectivity index (χ1) is 28.8. The minimum absolute atomic E-state index is 0.0469. The third kappa shape index (κ3) is 5.57. The molecule has 4 aliphatic rings. The summed E-state index contributed by atoms with van der Waals surface area (Å²) in [6.07, 6.45) is 2.34. The van der Waals surface area contributed by atoms with Gasteiger partial charge in [0.15, 0.2) is 5.78 Å². The van der Waals surface area contributed by atoms with Crippen LogP contribution >= 0.6 is 38.9 Å². The Morgan fingerprint density at radius 2 is 1.62 bits per heavy atom. The maximum absolute atomic E-state index is 15.2. The molecular formula is C47H36BrClN4O6S. The molecule has 2 aromatic heterocycles. The Labute approximate surface area is 362 Å². The lowest BCUT2D eigenvalue weighted by Crippen LogP contribution is -2.49. The number of carbonyl (C=O) groups excluding carboxylic acids is 5. The molecule has 3 fully saturated rings. The number of rotatable bonds is 6. The topological polar surface area (TPSA) is 130 Å². The van der Waals surface area contributed by atoms with Crippen LogP contribution < -0.4 is 9.80 Å². The number of halogens is 2. The first kappa shape index (κ1) is 38.5. The van der Waals surface area contributed by atoms with E-state index in [0.29, 0.717) is 43.4 Å². The van der Waals surface area contributed by atoms with E-state index in [9.17, 15) is 24.3 Å². The van der Waals surface area contributed by atoms with E-state index in [1.807, 2.05) is 37.3 Å². The molecule has 0 radical (unpaired) electrons. The van der Waals surface area contributed by atoms with Crippen LogP contribution in [0.1, 0.15) is 52.7 Å². The number of aromatic nitrogens is 2. The Bertz CT molecular complexity index is 2910. The number of fused-ring (bicyclic) bond motifs is 5. The maximum Gasteiger partial charge on any atom is 0.242 e. The van der Waals surface area contributed by atoms with E-state index in [4.69, 9.17) is 16.7 Å². The number of benzene rings is 4. The highest BCUT2D eigenvalue weighted by Crippen LogP contribution is 2.64. The average molecular weight is 900 g/mol. The van der Waals surface area contributed by atoms with E-state index in [1.54, 1.807) is 103 Å². The van der Waals surface area contributed by atoms with Gasteiger partial charge in [0.25, 0.3) is 0 Å². The summed E-state index contributed by atoms with van der Waals surface area (Å²) in [6, 6.07) is 27.9. The molecule has 2 saturated heterocycles. The van der Waals surface area contributed by atoms with Gasteiger partial charge in [-0.1, -0.05) is 69.5 Å². The Hall–Kier alpha value is -5.69. The average Bonchev–Trinajstić information content (AvgIpc) is 3.92. The fraction of sp³-hybridized carbons (Fsp3) is 0.234. The van der Waals surface area contributed by atoms with Gasteiger partial charge in [-0.25, -0.2) is 4.90 Å². The van der Waals surface area contributed by atoms with Crippen molar-refractivity contribution in [1.82, 2.24) is 9.78 Å². The van der Waals surface area contributed by atoms with E-state index in [-0.39, 0.29) is 30.3 Å². The lowest BCUT2D eigenvalue weighted by atomic mass is 9.51. The third-order valence-corrected chi connectivity index (χ3v) is 15.2. The highest BCUT2D eigenvalue weighted by Gasteiger charge is 2.68. The Morgan fingerprint density at radius 3 is 2.37 bits per heavy atom. The first-order valence-corrected chi connectivity index (χ1v) is 21.6. The van der Waals surface area contributed by atoms with Crippen LogP contribution in [0.4, 0.5) is 11.5 Å². The van der Waals surface area contributed by atoms with E-state index in [2.05, 4.69) is 15.9 Å². The van der Waals surface area contributed by atoms with Crippen molar-refractivity contribution in [2.45, 2.75) is 32.6 Å². The van der Waals surface area contributed by atoms with Crippen molar-refractivity contribution in [3.8, 4) is 16.3 Å². The number of amides is 4. The van der Waals surface area contributed by atoms with Crippen LogP contribution in [-0.4, -0.2) is 44.3 Å². The number of phenols is 1. The summed E-state index contributed by atoms with van der Waals surface area (Å²) in [7, 11) is 1.70. The van der Waals surface area contributed by atoms with Crippen molar-refractivity contribution in [2.24, 2.45) is 36.1 Å². The Kier molecular flexibility index (Phi) is 8.94. The minimum Gasteiger partial charge on any atom is -0.508 e. The van der Waals surface area contributed by atoms with E-state index >= 15 is 4.79 Å². The second kappa shape index (κ2) is 13.9. The molecule has 10 rings (SSSR count). The van der Waals surface area contributed by atoms with Crippen LogP contribution in [0.5, 0.6) is 5.75 Å². The molecule has 4 heterocycles. The number of phenolic OH excluding ortho intramolecular Hbond substituents is 1. The summed E-state index contributed by atoms with van der Waals surface area (Å²) >= 11 is 11.4. The normalized spacial score (nSPS) is 24.8. The van der Waals surface area contributed by atoms with Gasteiger partial charge < -0.3 is 5.11 Å². The van der Waals surface area contributed by atoms with E-state index in [1.165, 1.54) is 9.80 Å². The fourth-order valence-corrected chi connectivity index (χ4v) is 12.0. The van der Waals surface area contributed by atoms with Gasteiger partial charge in [0, 0.05) is 49.9 Å². The molecule has 0 bridgehead atoms. The number of anilines is 2. The van der Waals surface area contributed by atoms with Crippen LogP contribution in [0.25, 0.3) is 20.7 Å². The van der Waals surface area contributed by atoms with Gasteiger partial charge in [0.05, 0.1) is 33.7 Å². The van der Waals surface area contributed by atoms with Crippen molar-refractivity contribution < 1.29 is 29.1 Å². The Balaban J connectivity index is 1.03. The number of hydrogen-bond donors (Lipinski definition) is 1. The highest BCUT2D eigenvalue weighted by atomic mass is 79.9. The van der Waals surface area contributed by atoms with Crippen molar-refractivity contribution >= 4 is 89.9 Å². The summed E-state index contributed by atoms with van der Waals surface area (Å²) < 4.78 is 3.25. The van der Waals surface area contributed by atoms with Crippen molar-refractivity contribution in [2.75, 3.05) is 9.80 Å². The van der Waals surface area contributed by atoms with Gasteiger partial charge in [0.2, 0.25) is 23.6 Å². The molecule has 6 atom stereocenters. The molecule has 4 amide bonds. The smallest absolute Gasteiger partial charge is 0.242 e. The van der Waals surface area contributed by atoms with Gasteiger partial charge >= 0.3 is 0 Å². The molecule has 10 nitrogen and oxygen atoms in total. The highest BCUT2D eigenvalue weighted by molar-refractivity contribution is 9.10. The zero-order chi connectivity index (χ0) is 41.9. The van der Waals surface area contributed by atoms with Crippen LogP contribution in [0.3, 0.4) is 0 Å². The quantitative estimate of drug-likeness (QED) is 0.100. The first-order valence-electron chi connectivity index (χ1n) is 19.6. The largest absolute Gasteiger partial charge is 0.508 e. The van der Waals surface area contributed by atoms with Gasteiger partial charge in [-0.2, -0.15) is 5.10 Å². The predicted octanol–water partition coefficient (Wildman–Crippen LogP) is 9.40. The molecule has 6 unspecified atom stereocenters. The van der Waals surface area contributed by atoms with Crippen LogP contribution in [0, 0.1) is 36.0 Å². The van der Waals surface area contributed by atoms with Gasteiger partial charge in [-0.15, -0.1) is 11.3 Å². The molecule has 6 aromatic rings.